The van der Waals surface area contributed by atoms with E-state index in [9.17, 15) is 13.5 Å². The molecule has 0 bridgehead atoms. The van der Waals surface area contributed by atoms with E-state index in [0.717, 1.165) is 17.6 Å². The molecule has 3 heterocycles. The van der Waals surface area contributed by atoms with Gasteiger partial charge in [-0.05, 0) is 50.8 Å². The van der Waals surface area contributed by atoms with Gasteiger partial charge >= 0.3 is 0 Å². The Morgan fingerprint density at radius 1 is 1.20 bits per heavy atom. The predicted octanol–water partition coefficient (Wildman–Crippen LogP) is 3.45. The molecular formula is C24H33FN6O3S. The van der Waals surface area contributed by atoms with E-state index >= 15 is 4.39 Å². The normalized spacial score (nSPS) is 19.7. The van der Waals surface area contributed by atoms with Crippen molar-refractivity contribution >= 4 is 27.0 Å². The zero-order chi connectivity index (χ0) is 25.7. The van der Waals surface area contributed by atoms with Crippen molar-refractivity contribution in [1.29, 1.82) is 0 Å². The number of rotatable bonds is 6. The quantitative estimate of drug-likeness (QED) is 0.529. The Kier molecular flexibility index (Phi) is 6.87. The van der Waals surface area contributed by atoms with Crippen LogP contribution in [0.4, 0.5) is 10.3 Å². The minimum absolute atomic E-state index is 0.00779. The number of halogens is 1. The van der Waals surface area contributed by atoms with Crippen LogP contribution in [0.1, 0.15) is 57.5 Å². The van der Waals surface area contributed by atoms with Crippen LogP contribution in [0.3, 0.4) is 0 Å². The van der Waals surface area contributed by atoms with E-state index in [-0.39, 0.29) is 18.5 Å². The number of aliphatic hydroxyl groups is 1. The number of anilines is 1. The first-order valence-electron chi connectivity index (χ1n) is 11.8. The summed E-state index contributed by atoms with van der Waals surface area (Å²) in [5.74, 6) is 0.731. The lowest BCUT2D eigenvalue weighted by Crippen LogP contribution is -2.51. The van der Waals surface area contributed by atoms with Crippen molar-refractivity contribution < 1.29 is 17.9 Å². The highest BCUT2D eigenvalue weighted by molar-refractivity contribution is 7.88. The minimum atomic E-state index is -3.37. The van der Waals surface area contributed by atoms with Crippen LogP contribution in [0.5, 0.6) is 0 Å². The molecule has 190 valence electrons. The summed E-state index contributed by atoms with van der Waals surface area (Å²) in [5.41, 5.74) is 3.14. The third kappa shape index (κ3) is 5.03. The summed E-state index contributed by atoms with van der Waals surface area (Å²) < 4.78 is 42.1. The maximum Gasteiger partial charge on any atom is 0.223 e. The fraction of sp³-hybridized carbons (Fsp3) is 0.542. The largest absolute Gasteiger partial charge is 0.390 e. The number of nitrogens with zero attached hydrogens (tertiary/aromatic N) is 5. The van der Waals surface area contributed by atoms with Gasteiger partial charge in [0.2, 0.25) is 16.0 Å². The number of β-amino-alcohol motifs (C(OH)–C–C–N with tert-alkyl or cyclic N) is 1. The van der Waals surface area contributed by atoms with E-state index in [1.807, 2.05) is 45.3 Å². The van der Waals surface area contributed by atoms with Crippen LogP contribution in [0.2, 0.25) is 0 Å². The lowest BCUT2D eigenvalue weighted by Gasteiger charge is -2.34. The van der Waals surface area contributed by atoms with E-state index in [0.29, 0.717) is 41.2 Å². The summed E-state index contributed by atoms with van der Waals surface area (Å²) >= 11 is 0. The fourth-order valence-electron chi connectivity index (χ4n) is 4.71. The molecule has 0 unspecified atom stereocenters. The van der Waals surface area contributed by atoms with Gasteiger partial charge in [-0.15, -0.1) is 0 Å². The standard InChI is InChI=1S/C24H33FN6O3S/c1-13(2)17-11-26-24(28-19-7-8-30(12-21(19)32)35(6,33)34)29-22(17)16-9-18(25)23-20(10-16)31(14(3)4)15(5)27-23/h9-11,13-14,19,21,32H,7-8,12H2,1-6H3,(H,26,28,29)/t19-,21-/m1/s1. The van der Waals surface area contributed by atoms with Gasteiger partial charge in [-0.25, -0.2) is 27.8 Å². The van der Waals surface area contributed by atoms with Gasteiger partial charge in [-0.3, -0.25) is 0 Å². The second kappa shape index (κ2) is 9.44. The van der Waals surface area contributed by atoms with Crippen molar-refractivity contribution in [2.45, 2.75) is 65.1 Å². The van der Waals surface area contributed by atoms with Crippen LogP contribution < -0.4 is 5.32 Å². The molecule has 1 aliphatic heterocycles. The van der Waals surface area contributed by atoms with Crippen LogP contribution in [-0.2, 0) is 10.0 Å². The fourth-order valence-corrected chi connectivity index (χ4v) is 5.57. The SMILES string of the molecule is Cc1nc2c(F)cc(-c3nc(N[C@@H]4CCN(S(C)(=O)=O)C[C@H]4O)ncc3C(C)C)cc2n1C(C)C. The van der Waals surface area contributed by atoms with Gasteiger partial charge in [0.05, 0.1) is 29.6 Å². The number of nitrogens with one attached hydrogen (secondary N) is 1. The highest BCUT2D eigenvalue weighted by Crippen LogP contribution is 2.33. The number of sulfonamides is 1. The number of aromatic nitrogens is 4. The Balaban J connectivity index is 1.72. The molecule has 1 fully saturated rings. The summed E-state index contributed by atoms with van der Waals surface area (Å²) in [7, 11) is -3.37. The second-order valence-corrected chi connectivity index (χ2v) is 11.8. The molecule has 2 N–H and O–H groups in total. The van der Waals surface area contributed by atoms with Crippen molar-refractivity contribution in [3.63, 3.8) is 0 Å². The average Bonchev–Trinajstić information content (AvgIpc) is 3.10. The Bertz CT molecular complexity index is 1360. The molecule has 35 heavy (non-hydrogen) atoms. The van der Waals surface area contributed by atoms with Crippen molar-refractivity contribution in [3.05, 3.63) is 35.5 Å². The molecule has 2 aromatic heterocycles. The molecule has 9 nitrogen and oxygen atoms in total. The highest BCUT2D eigenvalue weighted by Gasteiger charge is 2.32. The summed E-state index contributed by atoms with van der Waals surface area (Å²) in [6, 6.07) is 3.07. The lowest BCUT2D eigenvalue weighted by atomic mass is 9.98. The summed E-state index contributed by atoms with van der Waals surface area (Å²) in [5, 5.41) is 13.7. The van der Waals surface area contributed by atoms with Gasteiger partial charge in [0.15, 0.2) is 5.82 Å². The molecule has 4 rings (SSSR count). The molecule has 1 aromatic carbocycles. The molecule has 11 heteroatoms. The number of imidazole rings is 1. The van der Waals surface area contributed by atoms with Crippen LogP contribution in [0, 0.1) is 12.7 Å². The summed E-state index contributed by atoms with van der Waals surface area (Å²) in [6.07, 6.45) is 2.36. The minimum Gasteiger partial charge on any atom is -0.390 e. The molecule has 2 atom stereocenters. The third-order valence-corrected chi connectivity index (χ3v) is 7.75. The van der Waals surface area contributed by atoms with Crippen LogP contribution >= 0.6 is 0 Å². The first-order valence-corrected chi connectivity index (χ1v) is 13.7. The summed E-state index contributed by atoms with van der Waals surface area (Å²) in [4.78, 5) is 13.6. The van der Waals surface area contributed by atoms with E-state index < -0.39 is 28.0 Å². The number of aliphatic hydroxyl groups excluding tert-OH is 1. The lowest BCUT2D eigenvalue weighted by molar-refractivity contribution is 0.0950. The average molecular weight is 505 g/mol. The van der Waals surface area contributed by atoms with Gasteiger partial charge in [0, 0.05) is 30.9 Å². The van der Waals surface area contributed by atoms with Gasteiger partial charge in [-0.2, -0.15) is 4.31 Å². The molecule has 0 aliphatic carbocycles. The van der Waals surface area contributed by atoms with E-state index in [1.165, 1.54) is 10.4 Å². The number of fused-ring (bicyclic) bond motifs is 1. The second-order valence-electron chi connectivity index (χ2n) is 9.83. The van der Waals surface area contributed by atoms with Gasteiger partial charge in [-0.1, -0.05) is 13.8 Å². The zero-order valence-corrected chi connectivity index (χ0v) is 21.8. The molecule has 0 amide bonds. The van der Waals surface area contributed by atoms with Crippen molar-refractivity contribution in [2.24, 2.45) is 0 Å². The van der Waals surface area contributed by atoms with Crippen molar-refractivity contribution in [3.8, 4) is 11.3 Å². The molecule has 0 saturated carbocycles. The molecule has 1 aliphatic rings. The van der Waals surface area contributed by atoms with Crippen LogP contribution in [-0.4, -0.2) is 68.8 Å². The van der Waals surface area contributed by atoms with Gasteiger partial charge < -0.3 is 15.0 Å². The Morgan fingerprint density at radius 2 is 1.91 bits per heavy atom. The number of hydrogen-bond donors (Lipinski definition) is 2. The number of aryl methyl sites for hydroxylation is 1. The Hall–Kier alpha value is -2.63. The highest BCUT2D eigenvalue weighted by atomic mass is 32.2. The van der Waals surface area contributed by atoms with Crippen molar-refractivity contribution in [2.75, 3.05) is 24.7 Å². The maximum atomic E-state index is 15.2. The van der Waals surface area contributed by atoms with Gasteiger partial charge in [0.25, 0.3) is 0 Å². The Morgan fingerprint density at radius 3 is 2.51 bits per heavy atom. The first kappa shape index (κ1) is 25.5. The van der Waals surface area contributed by atoms with Gasteiger partial charge in [0.1, 0.15) is 11.3 Å². The number of hydrogen-bond acceptors (Lipinski definition) is 7. The number of benzene rings is 1. The van der Waals surface area contributed by atoms with E-state index in [1.54, 1.807) is 6.20 Å². The monoisotopic (exact) mass is 504 g/mol. The van der Waals surface area contributed by atoms with Crippen LogP contribution in [0.15, 0.2) is 18.3 Å². The smallest absolute Gasteiger partial charge is 0.223 e. The Labute approximate surface area is 205 Å². The van der Waals surface area contributed by atoms with Crippen LogP contribution in [0.25, 0.3) is 22.3 Å². The number of piperidine rings is 1. The molecule has 0 radical (unpaired) electrons. The summed E-state index contributed by atoms with van der Waals surface area (Å²) in [6.45, 7) is 10.3. The van der Waals surface area contributed by atoms with Crippen molar-refractivity contribution in [1.82, 2.24) is 23.8 Å². The molecule has 1 saturated heterocycles. The topological polar surface area (TPSA) is 113 Å². The first-order chi connectivity index (χ1) is 16.4. The molecule has 0 spiro atoms. The maximum absolute atomic E-state index is 15.2. The molecule has 3 aromatic rings. The molecular weight excluding hydrogens is 471 g/mol. The van der Waals surface area contributed by atoms with E-state index in [2.05, 4.69) is 15.3 Å². The predicted molar refractivity (Wildman–Crippen MR) is 134 cm³/mol. The van der Waals surface area contributed by atoms with E-state index in [4.69, 9.17) is 4.98 Å². The third-order valence-electron chi connectivity index (χ3n) is 6.48. The zero-order valence-electron chi connectivity index (χ0n) is 20.9.